The molecule has 0 bridgehead atoms. The van der Waals surface area contributed by atoms with Crippen LogP contribution in [0.25, 0.3) is 16.7 Å². The van der Waals surface area contributed by atoms with E-state index in [1.54, 1.807) is 24.4 Å². The summed E-state index contributed by atoms with van der Waals surface area (Å²) in [6.45, 7) is 0. The van der Waals surface area contributed by atoms with Gasteiger partial charge in [-0.15, -0.1) is 0 Å². The number of rotatable bonds is 3. The molecule has 124 valence electrons. The van der Waals surface area contributed by atoms with E-state index in [0.29, 0.717) is 11.1 Å². The molecule has 26 heavy (non-hydrogen) atoms. The number of fused-ring (bicyclic) bond motifs is 1. The van der Waals surface area contributed by atoms with Crippen LogP contribution >= 0.6 is 0 Å². The van der Waals surface area contributed by atoms with Crippen LogP contribution in [0.2, 0.25) is 0 Å². The molecule has 2 N–H and O–H groups in total. The van der Waals surface area contributed by atoms with Gasteiger partial charge in [0.15, 0.2) is 0 Å². The van der Waals surface area contributed by atoms with Gasteiger partial charge in [-0.2, -0.15) is 5.26 Å². The van der Waals surface area contributed by atoms with Gasteiger partial charge < -0.3 is 10.6 Å². The van der Waals surface area contributed by atoms with E-state index in [1.807, 2.05) is 54.6 Å². The van der Waals surface area contributed by atoms with E-state index < -0.39 is 0 Å². The van der Waals surface area contributed by atoms with E-state index >= 15 is 0 Å². The topological polar surface area (TPSA) is 64.9 Å². The zero-order chi connectivity index (χ0) is 17.9. The Morgan fingerprint density at radius 2 is 1.77 bits per heavy atom. The molecule has 0 saturated carbocycles. The van der Waals surface area contributed by atoms with Crippen LogP contribution in [0.1, 0.15) is 11.1 Å². The Labute approximate surface area is 151 Å². The molecule has 3 aromatic rings. The first-order valence-corrected chi connectivity index (χ1v) is 8.23. The molecule has 0 aromatic heterocycles. The van der Waals surface area contributed by atoms with Crippen LogP contribution in [-0.4, -0.2) is 5.91 Å². The van der Waals surface area contributed by atoms with Gasteiger partial charge >= 0.3 is 0 Å². The maximum Gasteiger partial charge on any atom is 0.257 e. The number of carbonyl (C=O) groups is 1. The summed E-state index contributed by atoms with van der Waals surface area (Å²) in [5, 5.41) is 15.0. The summed E-state index contributed by atoms with van der Waals surface area (Å²) >= 11 is 0. The molecule has 0 unspecified atom stereocenters. The van der Waals surface area contributed by atoms with Gasteiger partial charge in [0.05, 0.1) is 17.2 Å². The first kappa shape index (κ1) is 15.7. The van der Waals surface area contributed by atoms with Crippen LogP contribution in [0.3, 0.4) is 0 Å². The van der Waals surface area contributed by atoms with Crippen LogP contribution in [0.15, 0.2) is 79.0 Å². The summed E-state index contributed by atoms with van der Waals surface area (Å²) in [7, 11) is 0. The summed E-state index contributed by atoms with van der Waals surface area (Å²) in [6, 6.07) is 25.2. The molecule has 0 fully saturated rings. The van der Waals surface area contributed by atoms with E-state index in [0.717, 1.165) is 28.1 Å². The number of nitriles is 1. The highest BCUT2D eigenvalue weighted by Gasteiger charge is 2.24. The van der Waals surface area contributed by atoms with E-state index in [1.165, 1.54) is 0 Å². The molecule has 0 saturated heterocycles. The van der Waals surface area contributed by atoms with Gasteiger partial charge in [-0.05, 0) is 35.4 Å². The Bertz CT molecular complexity index is 1060. The molecule has 0 aliphatic carbocycles. The molecule has 0 spiro atoms. The number of nitrogens with zero attached hydrogens (tertiary/aromatic N) is 1. The van der Waals surface area contributed by atoms with Gasteiger partial charge in [-0.25, -0.2) is 0 Å². The normalized spacial score (nSPS) is 13.8. The molecule has 4 nitrogen and oxygen atoms in total. The molecule has 0 radical (unpaired) electrons. The van der Waals surface area contributed by atoms with E-state index in [9.17, 15) is 4.79 Å². The monoisotopic (exact) mass is 337 g/mol. The lowest BCUT2D eigenvalue weighted by molar-refractivity contribution is -0.110. The van der Waals surface area contributed by atoms with Crippen molar-refractivity contribution in [2.75, 3.05) is 10.6 Å². The molecule has 1 heterocycles. The Kier molecular flexibility index (Phi) is 3.97. The van der Waals surface area contributed by atoms with Crippen molar-refractivity contribution in [3.63, 3.8) is 0 Å². The Morgan fingerprint density at radius 3 is 2.58 bits per heavy atom. The van der Waals surface area contributed by atoms with Crippen LogP contribution in [-0.2, 0) is 4.79 Å². The lowest BCUT2D eigenvalue weighted by atomic mass is 10.0. The Hall–Kier alpha value is -3.84. The number of nitrogens with one attached hydrogen (secondary N) is 2. The minimum absolute atomic E-state index is 0.144. The molecule has 4 rings (SSSR count). The second-order valence-corrected chi connectivity index (χ2v) is 5.98. The highest BCUT2D eigenvalue weighted by Crippen LogP contribution is 2.35. The summed E-state index contributed by atoms with van der Waals surface area (Å²) in [4.78, 5) is 12.4. The van der Waals surface area contributed by atoms with Gasteiger partial charge in [0.25, 0.3) is 5.91 Å². The average Bonchev–Trinajstić information content (AvgIpc) is 3.01. The van der Waals surface area contributed by atoms with Gasteiger partial charge in [-0.1, -0.05) is 48.5 Å². The smallest absolute Gasteiger partial charge is 0.257 e. The third-order valence-electron chi connectivity index (χ3n) is 4.28. The standard InChI is InChI=1S/C22H15N3O/c23-13-15-5-4-8-18(11-15)24-14-20-19-10-9-17(12-21(19)25-22(20)26)16-6-2-1-3-7-16/h1-12,14,24H,(H,25,26)/b20-14-. The zero-order valence-corrected chi connectivity index (χ0v) is 13.9. The lowest BCUT2D eigenvalue weighted by Gasteiger charge is -2.05. The lowest BCUT2D eigenvalue weighted by Crippen LogP contribution is -2.05. The highest BCUT2D eigenvalue weighted by molar-refractivity contribution is 6.31. The zero-order valence-electron chi connectivity index (χ0n) is 13.9. The Balaban J connectivity index is 1.64. The van der Waals surface area contributed by atoms with Gasteiger partial charge in [-0.3, -0.25) is 4.79 Å². The fourth-order valence-electron chi connectivity index (χ4n) is 2.98. The minimum Gasteiger partial charge on any atom is -0.361 e. The van der Waals surface area contributed by atoms with Gasteiger partial charge in [0.1, 0.15) is 0 Å². The number of carbonyl (C=O) groups excluding carboxylic acids is 1. The molecule has 4 heteroatoms. The third kappa shape index (κ3) is 2.94. The summed E-state index contributed by atoms with van der Waals surface area (Å²) in [5.74, 6) is -0.144. The first-order chi connectivity index (χ1) is 12.7. The molecular weight excluding hydrogens is 322 g/mol. The summed E-state index contributed by atoms with van der Waals surface area (Å²) < 4.78 is 0. The van der Waals surface area contributed by atoms with E-state index in [4.69, 9.17) is 5.26 Å². The minimum atomic E-state index is -0.144. The maximum absolute atomic E-state index is 12.4. The molecular formula is C22H15N3O. The van der Waals surface area contributed by atoms with Crippen molar-refractivity contribution in [3.05, 3.63) is 90.1 Å². The van der Waals surface area contributed by atoms with Crippen molar-refractivity contribution in [1.29, 1.82) is 5.26 Å². The summed E-state index contributed by atoms with van der Waals surface area (Å²) in [6.07, 6.45) is 1.68. The van der Waals surface area contributed by atoms with Crippen molar-refractivity contribution in [2.24, 2.45) is 0 Å². The van der Waals surface area contributed by atoms with Crippen molar-refractivity contribution in [3.8, 4) is 17.2 Å². The summed E-state index contributed by atoms with van der Waals surface area (Å²) in [5.41, 5.74) is 5.72. The van der Waals surface area contributed by atoms with Gasteiger partial charge in [0.2, 0.25) is 0 Å². The molecule has 1 aliphatic rings. The predicted molar refractivity (Wildman–Crippen MR) is 103 cm³/mol. The van der Waals surface area contributed by atoms with Crippen molar-refractivity contribution < 1.29 is 4.79 Å². The first-order valence-electron chi connectivity index (χ1n) is 8.23. The maximum atomic E-state index is 12.4. The van der Waals surface area contributed by atoms with Crippen molar-refractivity contribution in [1.82, 2.24) is 0 Å². The number of benzene rings is 3. The van der Waals surface area contributed by atoms with Gasteiger partial charge in [0, 0.05) is 23.1 Å². The quantitative estimate of drug-likeness (QED) is 0.685. The molecule has 1 aliphatic heterocycles. The largest absolute Gasteiger partial charge is 0.361 e. The fraction of sp³-hybridized carbons (Fsp3) is 0. The van der Waals surface area contributed by atoms with Crippen LogP contribution in [0, 0.1) is 11.3 Å². The van der Waals surface area contributed by atoms with E-state index in [-0.39, 0.29) is 5.91 Å². The van der Waals surface area contributed by atoms with Crippen LogP contribution < -0.4 is 10.6 Å². The number of hydrogen-bond donors (Lipinski definition) is 2. The molecule has 1 amide bonds. The third-order valence-corrected chi connectivity index (χ3v) is 4.28. The second-order valence-electron chi connectivity index (χ2n) is 5.98. The van der Waals surface area contributed by atoms with E-state index in [2.05, 4.69) is 16.7 Å². The number of hydrogen-bond acceptors (Lipinski definition) is 3. The van der Waals surface area contributed by atoms with Crippen LogP contribution in [0.4, 0.5) is 11.4 Å². The number of anilines is 2. The van der Waals surface area contributed by atoms with Crippen molar-refractivity contribution in [2.45, 2.75) is 0 Å². The van der Waals surface area contributed by atoms with Crippen molar-refractivity contribution >= 4 is 22.9 Å². The Morgan fingerprint density at radius 1 is 0.923 bits per heavy atom. The second kappa shape index (κ2) is 6.58. The van der Waals surface area contributed by atoms with Crippen LogP contribution in [0.5, 0.6) is 0 Å². The number of amides is 1. The highest BCUT2D eigenvalue weighted by atomic mass is 16.2. The molecule has 0 atom stereocenters. The molecule has 3 aromatic carbocycles. The predicted octanol–water partition coefficient (Wildman–Crippen LogP) is 4.63. The average molecular weight is 337 g/mol. The fourth-order valence-corrected chi connectivity index (χ4v) is 2.98. The SMILES string of the molecule is N#Cc1cccc(N/C=C2\C(=O)Nc3cc(-c4ccccc4)ccc32)c1.